The molecule has 2 rings (SSSR count). The fourth-order valence-electron chi connectivity index (χ4n) is 2.36. The number of hydrogen-bond donors (Lipinski definition) is 0. The lowest BCUT2D eigenvalue weighted by Crippen LogP contribution is -2.50. The normalized spacial score (nSPS) is 21.3. The molecule has 1 aliphatic rings. The number of rotatable bonds is 4. The van der Waals surface area contributed by atoms with Crippen molar-refractivity contribution in [3.05, 3.63) is 30.3 Å². The minimum absolute atomic E-state index is 0.0911. The van der Waals surface area contributed by atoms with Crippen LogP contribution in [0.25, 0.3) is 0 Å². The summed E-state index contributed by atoms with van der Waals surface area (Å²) in [6.07, 6.45) is 2.78. The zero-order valence-electron chi connectivity index (χ0n) is 11.0. The lowest BCUT2D eigenvalue weighted by molar-refractivity contribution is 0.271. The SMILES string of the molecule is CN(c1ccccc1)S(=O)(=O)N1CCCCC1CCl. The molecular formula is C13H19ClN2O2S. The fraction of sp³-hybridized carbons (Fsp3) is 0.538. The van der Waals surface area contributed by atoms with E-state index >= 15 is 0 Å². The van der Waals surface area contributed by atoms with Gasteiger partial charge in [0, 0.05) is 25.5 Å². The Morgan fingerprint density at radius 3 is 2.63 bits per heavy atom. The molecule has 1 heterocycles. The van der Waals surface area contributed by atoms with Crippen molar-refractivity contribution in [2.75, 3.05) is 23.8 Å². The summed E-state index contributed by atoms with van der Waals surface area (Å²) in [5.74, 6) is 0.349. The number of piperidine rings is 1. The second-order valence-corrected chi connectivity index (χ2v) is 6.95. The first-order valence-electron chi connectivity index (χ1n) is 6.44. The maximum Gasteiger partial charge on any atom is 0.304 e. The van der Waals surface area contributed by atoms with Crippen LogP contribution in [0.2, 0.25) is 0 Å². The van der Waals surface area contributed by atoms with Gasteiger partial charge < -0.3 is 0 Å². The van der Waals surface area contributed by atoms with Gasteiger partial charge in [-0.3, -0.25) is 4.31 Å². The molecule has 0 amide bonds. The average molecular weight is 303 g/mol. The van der Waals surface area contributed by atoms with Crippen molar-refractivity contribution in [2.24, 2.45) is 0 Å². The molecule has 0 bridgehead atoms. The van der Waals surface area contributed by atoms with Gasteiger partial charge >= 0.3 is 10.2 Å². The smallest absolute Gasteiger partial charge is 0.261 e. The Hall–Kier alpha value is -0.780. The van der Waals surface area contributed by atoms with Gasteiger partial charge in [-0.15, -0.1) is 11.6 Å². The first-order chi connectivity index (χ1) is 9.07. The van der Waals surface area contributed by atoms with E-state index in [-0.39, 0.29) is 6.04 Å². The Morgan fingerprint density at radius 2 is 2.00 bits per heavy atom. The maximum atomic E-state index is 12.6. The van der Waals surface area contributed by atoms with E-state index in [9.17, 15) is 8.42 Å². The highest BCUT2D eigenvalue weighted by atomic mass is 35.5. The van der Waals surface area contributed by atoms with Gasteiger partial charge in [0.1, 0.15) is 0 Å². The van der Waals surface area contributed by atoms with E-state index < -0.39 is 10.2 Å². The van der Waals surface area contributed by atoms with Crippen LogP contribution < -0.4 is 4.31 Å². The Kier molecular flexibility index (Phi) is 4.71. The van der Waals surface area contributed by atoms with Crippen molar-refractivity contribution in [3.8, 4) is 0 Å². The quantitative estimate of drug-likeness (QED) is 0.802. The van der Waals surface area contributed by atoms with Crippen molar-refractivity contribution in [1.82, 2.24) is 4.31 Å². The van der Waals surface area contributed by atoms with Crippen molar-refractivity contribution >= 4 is 27.5 Å². The van der Waals surface area contributed by atoms with Gasteiger partial charge in [0.25, 0.3) is 0 Å². The largest absolute Gasteiger partial charge is 0.304 e. The first-order valence-corrected chi connectivity index (χ1v) is 8.37. The van der Waals surface area contributed by atoms with E-state index in [2.05, 4.69) is 0 Å². The molecule has 1 unspecified atom stereocenters. The Labute approximate surface area is 120 Å². The number of nitrogens with zero attached hydrogens (tertiary/aromatic N) is 2. The topological polar surface area (TPSA) is 40.6 Å². The van der Waals surface area contributed by atoms with Crippen LogP contribution in [-0.4, -0.2) is 38.2 Å². The Morgan fingerprint density at radius 1 is 1.32 bits per heavy atom. The van der Waals surface area contributed by atoms with Crippen molar-refractivity contribution < 1.29 is 8.42 Å². The maximum absolute atomic E-state index is 12.6. The van der Waals surface area contributed by atoms with Crippen LogP contribution in [0.5, 0.6) is 0 Å². The van der Waals surface area contributed by atoms with E-state index in [0.717, 1.165) is 19.3 Å². The van der Waals surface area contributed by atoms with Crippen LogP contribution >= 0.6 is 11.6 Å². The average Bonchev–Trinajstić information content (AvgIpc) is 2.47. The van der Waals surface area contributed by atoms with Gasteiger partial charge in [-0.1, -0.05) is 24.6 Å². The molecule has 4 nitrogen and oxygen atoms in total. The highest BCUT2D eigenvalue weighted by molar-refractivity contribution is 7.90. The second kappa shape index (κ2) is 6.11. The van der Waals surface area contributed by atoms with Gasteiger partial charge in [0.05, 0.1) is 5.69 Å². The molecule has 0 aromatic heterocycles. The molecule has 1 aliphatic heterocycles. The molecule has 0 N–H and O–H groups in total. The lowest BCUT2D eigenvalue weighted by Gasteiger charge is -2.36. The Bertz CT molecular complexity index is 507. The monoisotopic (exact) mass is 302 g/mol. The Balaban J connectivity index is 2.26. The molecule has 1 fully saturated rings. The molecule has 0 saturated carbocycles. The molecule has 19 heavy (non-hydrogen) atoms. The molecule has 0 aliphatic carbocycles. The number of hydrogen-bond acceptors (Lipinski definition) is 2. The summed E-state index contributed by atoms with van der Waals surface area (Å²) < 4.78 is 28.2. The van der Waals surface area contributed by atoms with Gasteiger partial charge in [-0.2, -0.15) is 12.7 Å². The van der Waals surface area contributed by atoms with E-state index in [1.165, 1.54) is 8.61 Å². The van der Waals surface area contributed by atoms with Crippen molar-refractivity contribution in [2.45, 2.75) is 25.3 Å². The summed E-state index contributed by atoms with van der Waals surface area (Å²) in [4.78, 5) is 0. The molecule has 6 heteroatoms. The molecule has 1 atom stereocenters. The lowest BCUT2D eigenvalue weighted by atomic mass is 10.1. The van der Waals surface area contributed by atoms with E-state index in [4.69, 9.17) is 11.6 Å². The van der Waals surface area contributed by atoms with Gasteiger partial charge in [-0.05, 0) is 25.0 Å². The molecule has 1 aromatic rings. The zero-order valence-corrected chi connectivity index (χ0v) is 12.6. The molecular weight excluding hydrogens is 284 g/mol. The standard InChI is InChI=1S/C13H19ClN2O2S/c1-15(12-7-3-2-4-8-12)19(17,18)16-10-6-5-9-13(16)11-14/h2-4,7-8,13H,5-6,9-11H2,1H3. The summed E-state index contributed by atoms with van der Waals surface area (Å²) in [6.45, 7) is 0.552. The predicted molar refractivity (Wildman–Crippen MR) is 78.8 cm³/mol. The number of benzene rings is 1. The number of para-hydroxylation sites is 1. The summed E-state index contributed by atoms with van der Waals surface area (Å²) >= 11 is 5.91. The highest BCUT2D eigenvalue weighted by Gasteiger charge is 2.34. The minimum atomic E-state index is -3.49. The third kappa shape index (κ3) is 3.04. The van der Waals surface area contributed by atoms with Crippen LogP contribution in [0.3, 0.4) is 0 Å². The molecule has 106 valence electrons. The molecule has 0 radical (unpaired) electrons. The number of halogens is 1. The summed E-state index contributed by atoms with van der Waals surface area (Å²) in [6, 6.07) is 9.01. The van der Waals surface area contributed by atoms with E-state index in [0.29, 0.717) is 18.1 Å². The predicted octanol–water partition coefficient (Wildman–Crippen LogP) is 2.46. The van der Waals surface area contributed by atoms with E-state index in [1.807, 2.05) is 18.2 Å². The van der Waals surface area contributed by atoms with Crippen LogP contribution in [0.15, 0.2) is 30.3 Å². The van der Waals surface area contributed by atoms with E-state index in [1.54, 1.807) is 19.2 Å². The fourth-order valence-corrected chi connectivity index (χ4v) is 4.38. The first kappa shape index (κ1) is 14.6. The summed E-state index contributed by atoms with van der Waals surface area (Å²) in [5, 5.41) is 0. The number of alkyl halides is 1. The summed E-state index contributed by atoms with van der Waals surface area (Å²) in [7, 11) is -1.91. The van der Waals surface area contributed by atoms with Crippen LogP contribution in [0, 0.1) is 0 Å². The minimum Gasteiger partial charge on any atom is -0.261 e. The van der Waals surface area contributed by atoms with Gasteiger partial charge in [0.2, 0.25) is 0 Å². The molecule has 0 spiro atoms. The molecule has 1 aromatic carbocycles. The second-order valence-electron chi connectivity index (χ2n) is 4.73. The third-order valence-corrected chi connectivity index (χ3v) is 5.85. The van der Waals surface area contributed by atoms with Gasteiger partial charge in [0.15, 0.2) is 0 Å². The third-order valence-electron chi connectivity index (χ3n) is 3.51. The van der Waals surface area contributed by atoms with Crippen LogP contribution in [0.1, 0.15) is 19.3 Å². The molecule has 1 saturated heterocycles. The van der Waals surface area contributed by atoms with Crippen molar-refractivity contribution in [1.29, 1.82) is 0 Å². The number of anilines is 1. The highest BCUT2D eigenvalue weighted by Crippen LogP contribution is 2.25. The van der Waals surface area contributed by atoms with Crippen LogP contribution in [-0.2, 0) is 10.2 Å². The summed E-state index contributed by atoms with van der Waals surface area (Å²) in [5.41, 5.74) is 0.668. The van der Waals surface area contributed by atoms with Gasteiger partial charge in [-0.25, -0.2) is 0 Å². The van der Waals surface area contributed by atoms with Crippen LogP contribution in [0.4, 0.5) is 5.69 Å². The van der Waals surface area contributed by atoms with Crippen molar-refractivity contribution in [3.63, 3.8) is 0 Å². The zero-order chi connectivity index (χ0) is 13.9.